The van der Waals surface area contributed by atoms with E-state index in [1.54, 1.807) is 19.1 Å². The number of guanidine groups is 1. The summed E-state index contributed by atoms with van der Waals surface area (Å²) in [6.45, 7) is 1.67. The molecule has 5 heteroatoms. The van der Waals surface area contributed by atoms with Crippen LogP contribution in [-0.4, -0.2) is 17.4 Å². The van der Waals surface area contributed by atoms with Gasteiger partial charge >= 0.3 is 0 Å². The molecule has 0 fully saturated rings. The summed E-state index contributed by atoms with van der Waals surface area (Å²) in [7, 11) is 0. The Kier molecular flexibility index (Phi) is 2.38. The molecule has 0 bridgehead atoms. The van der Waals surface area contributed by atoms with Crippen molar-refractivity contribution >= 4 is 11.9 Å². The van der Waals surface area contributed by atoms with Gasteiger partial charge in [0.2, 0.25) is 0 Å². The van der Waals surface area contributed by atoms with Gasteiger partial charge in [0.15, 0.2) is 5.96 Å². The number of hydrogen-bond acceptors (Lipinski definition) is 3. The summed E-state index contributed by atoms with van der Waals surface area (Å²) in [5, 5.41) is 2.44. The summed E-state index contributed by atoms with van der Waals surface area (Å²) in [5.74, 6) is -0.463. The topological polar surface area (TPSA) is 67.5 Å². The average molecular weight is 221 g/mol. The van der Waals surface area contributed by atoms with Crippen molar-refractivity contribution in [2.75, 3.05) is 0 Å². The molecule has 0 saturated carbocycles. The van der Waals surface area contributed by atoms with Crippen LogP contribution in [0, 0.1) is 5.82 Å². The number of halogens is 1. The van der Waals surface area contributed by atoms with E-state index in [2.05, 4.69) is 10.3 Å². The lowest BCUT2D eigenvalue weighted by Crippen LogP contribution is -2.40. The highest BCUT2D eigenvalue weighted by Crippen LogP contribution is 2.21. The van der Waals surface area contributed by atoms with Gasteiger partial charge in [-0.15, -0.1) is 0 Å². The van der Waals surface area contributed by atoms with Crippen molar-refractivity contribution < 1.29 is 9.18 Å². The second-order valence-corrected chi connectivity index (χ2v) is 4.03. The van der Waals surface area contributed by atoms with E-state index in [1.807, 2.05) is 0 Å². The van der Waals surface area contributed by atoms with Crippen molar-refractivity contribution in [2.45, 2.75) is 18.9 Å². The van der Waals surface area contributed by atoms with Crippen LogP contribution in [0.2, 0.25) is 0 Å². The maximum Gasteiger partial charge on any atom is 0.254 e. The second-order valence-electron chi connectivity index (χ2n) is 4.03. The van der Waals surface area contributed by atoms with Crippen LogP contribution in [0.1, 0.15) is 12.5 Å². The van der Waals surface area contributed by atoms with Gasteiger partial charge in [0, 0.05) is 6.42 Å². The summed E-state index contributed by atoms with van der Waals surface area (Å²) >= 11 is 0. The minimum absolute atomic E-state index is 0.115. The van der Waals surface area contributed by atoms with Gasteiger partial charge in [-0.05, 0) is 24.6 Å². The van der Waals surface area contributed by atoms with E-state index in [-0.39, 0.29) is 17.7 Å². The van der Waals surface area contributed by atoms with Crippen LogP contribution in [0.25, 0.3) is 0 Å². The lowest BCUT2D eigenvalue weighted by Gasteiger charge is -2.17. The lowest BCUT2D eigenvalue weighted by atomic mass is 9.93. The van der Waals surface area contributed by atoms with E-state index in [0.717, 1.165) is 5.56 Å². The van der Waals surface area contributed by atoms with Crippen molar-refractivity contribution in [3.05, 3.63) is 35.6 Å². The quantitative estimate of drug-likeness (QED) is 0.766. The molecule has 1 heterocycles. The zero-order chi connectivity index (χ0) is 11.8. The molecular weight excluding hydrogens is 209 g/mol. The molecule has 16 heavy (non-hydrogen) atoms. The Morgan fingerprint density at radius 1 is 1.56 bits per heavy atom. The molecule has 0 aliphatic carbocycles. The van der Waals surface area contributed by atoms with Gasteiger partial charge in [-0.25, -0.2) is 9.38 Å². The number of nitrogens with one attached hydrogen (secondary N) is 1. The average Bonchev–Trinajstić information content (AvgIpc) is 2.39. The summed E-state index contributed by atoms with van der Waals surface area (Å²) < 4.78 is 13.0. The Morgan fingerprint density at radius 3 is 2.88 bits per heavy atom. The van der Waals surface area contributed by atoms with E-state index in [0.29, 0.717) is 6.42 Å². The van der Waals surface area contributed by atoms with Gasteiger partial charge in [-0.2, -0.15) is 0 Å². The molecule has 1 aliphatic rings. The van der Waals surface area contributed by atoms with E-state index in [1.165, 1.54) is 12.1 Å². The Labute approximate surface area is 92.4 Å². The van der Waals surface area contributed by atoms with Crippen molar-refractivity contribution in [2.24, 2.45) is 10.7 Å². The molecule has 2 rings (SSSR count). The minimum Gasteiger partial charge on any atom is -0.370 e. The van der Waals surface area contributed by atoms with Crippen molar-refractivity contribution in [1.82, 2.24) is 5.32 Å². The zero-order valence-electron chi connectivity index (χ0n) is 8.83. The van der Waals surface area contributed by atoms with Gasteiger partial charge in [-0.3, -0.25) is 10.1 Å². The number of aliphatic imine (C=N–C) groups is 1. The number of benzene rings is 1. The van der Waals surface area contributed by atoms with Gasteiger partial charge in [-0.1, -0.05) is 12.1 Å². The van der Waals surface area contributed by atoms with Crippen molar-refractivity contribution in [3.8, 4) is 0 Å². The predicted octanol–water partition coefficient (Wildman–Crippen LogP) is 0.571. The molecule has 0 radical (unpaired) electrons. The summed E-state index contributed by atoms with van der Waals surface area (Å²) in [5.41, 5.74) is 5.21. The number of amides is 1. The smallest absolute Gasteiger partial charge is 0.254 e. The van der Waals surface area contributed by atoms with Crippen molar-refractivity contribution in [3.63, 3.8) is 0 Å². The van der Waals surface area contributed by atoms with Crippen LogP contribution >= 0.6 is 0 Å². The molecular formula is C11H12FN3O. The molecule has 1 aromatic rings. The number of carbonyl (C=O) groups excluding carboxylic acids is 1. The molecule has 0 aromatic heterocycles. The molecule has 0 spiro atoms. The highest BCUT2D eigenvalue weighted by atomic mass is 19.1. The van der Waals surface area contributed by atoms with E-state index in [9.17, 15) is 9.18 Å². The molecule has 1 aliphatic heterocycles. The van der Waals surface area contributed by atoms with E-state index in [4.69, 9.17) is 5.73 Å². The monoisotopic (exact) mass is 221 g/mol. The van der Waals surface area contributed by atoms with Gasteiger partial charge in [0.1, 0.15) is 11.4 Å². The van der Waals surface area contributed by atoms with Crippen LogP contribution in [0.15, 0.2) is 29.3 Å². The fourth-order valence-electron chi connectivity index (χ4n) is 1.76. The van der Waals surface area contributed by atoms with Gasteiger partial charge < -0.3 is 5.73 Å². The molecule has 84 valence electrons. The Hall–Kier alpha value is -1.91. The standard InChI is InChI=1S/C11H12FN3O/c1-11(9(16)14-10(13)15-11)6-7-3-2-4-8(12)5-7/h2-5H,6H2,1H3,(H3,13,14,15,16). The first-order chi connectivity index (χ1) is 7.49. The summed E-state index contributed by atoms with van der Waals surface area (Å²) in [6.07, 6.45) is 0.331. The molecule has 1 aromatic carbocycles. The van der Waals surface area contributed by atoms with Crippen LogP contribution in [0.5, 0.6) is 0 Å². The SMILES string of the molecule is CC1(Cc2cccc(F)c2)N=C(N)NC1=O. The molecule has 1 unspecified atom stereocenters. The zero-order valence-corrected chi connectivity index (χ0v) is 8.83. The number of carbonyl (C=O) groups is 1. The third-order valence-electron chi connectivity index (χ3n) is 2.54. The molecule has 1 atom stereocenters. The Balaban J connectivity index is 2.25. The van der Waals surface area contributed by atoms with E-state index >= 15 is 0 Å². The number of nitrogens with two attached hydrogens (primary N) is 1. The van der Waals surface area contributed by atoms with Crippen LogP contribution in [0.3, 0.4) is 0 Å². The highest BCUT2D eigenvalue weighted by molar-refractivity contribution is 6.06. The van der Waals surface area contributed by atoms with Gasteiger partial charge in [0.25, 0.3) is 5.91 Å². The lowest BCUT2D eigenvalue weighted by molar-refractivity contribution is -0.123. The first kappa shape index (κ1) is 10.6. The number of rotatable bonds is 2. The van der Waals surface area contributed by atoms with Crippen LogP contribution in [0.4, 0.5) is 4.39 Å². The maximum absolute atomic E-state index is 13.0. The molecule has 3 N–H and O–H groups in total. The highest BCUT2D eigenvalue weighted by Gasteiger charge is 2.38. The molecule has 0 saturated heterocycles. The van der Waals surface area contributed by atoms with Crippen molar-refractivity contribution in [1.29, 1.82) is 0 Å². The fourth-order valence-corrected chi connectivity index (χ4v) is 1.76. The fraction of sp³-hybridized carbons (Fsp3) is 0.273. The Morgan fingerprint density at radius 2 is 2.31 bits per heavy atom. The number of nitrogens with zero attached hydrogens (tertiary/aromatic N) is 1. The summed E-state index contributed by atoms with van der Waals surface area (Å²) in [4.78, 5) is 15.6. The molecule has 4 nitrogen and oxygen atoms in total. The minimum atomic E-state index is -0.933. The maximum atomic E-state index is 13.0. The van der Waals surface area contributed by atoms with Gasteiger partial charge in [0.05, 0.1) is 0 Å². The summed E-state index contributed by atoms with van der Waals surface area (Å²) in [6, 6.07) is 6.11. The van der Waals surface area contributed by atoms with E-state index < -0.39 is 5.54 Å². The van der Waals surface area contributed by atoms with Crippen LogP contribution in [-0.2, 0) is 11.2 Å². The third-order valence-corrected chi connectivity index (χ3v) is 2.54. The molecule has 1 amide bonds. The normalized spacial score (nSPS) is 24.1. The second kappa shape index (κ2) is 3.59. The van der Waals surface area contributed by atoms with Crippen LogP contribution < -0.4 is 11.1 Å². The number of hydrogen-bond donors (Lipinski definition) is 2. The Bertz CT molecular complexity index is 472. The first-order valence-electron chi connectivity index (χ1n) is 4.91. The predicted molar refractivity (Wildman–Crippen MR) is 58.3 cm³/mol. The first-order valence-corrected chi connectivity index (χ1v) is 4.91. The third kappa shape index (κ3) is 1.88. The largest absolute Gasteiger partial charge is 0.370 e.